The summed E-state index contributed by atoms with van der Waals surface area (Å²) in [6.07, 6.45) is 8.72. The highest BCUT2D eigenvalue weighted by molar-refractivity contribution is 6.03. The number of hydrogen-bond acceptors (Lipinski definition) is 4. The number of H-pyrrole nitrogens is 1. The van der Waals surface area contributed by atoms with Crippen LogP contribution in [0.1, 0.15) is 44.9 Å². The number of nitrogens with one attached hydrogen (secondary N) is 1. The van der Waals surface area contributed by atoms with Crippen LogP contribution in [0, 0.1) is 18.8 Å². The highest BCUT2D eigenvalue weighted by atomic mass is 16.3. The van der Waals surface area contributed by atoms with Crippen LogP contribution >= 0.6 is 0 Å². The zero-order chi connectivity index (χ0) is 21.7. The topological polar surface area (TPSA) is 86.8 Å². The second-order valence-corrected chi connectivity index (χ2v) is 6.95. The molecule has 1 aliphatic carbocycles. The molecule has 0 aliphatic heterocycles. The van der Waals surface area contributed by atoms with E-state index >= 15 is 0 Å². The number of allylic oxidation sites excluding steroid dienone is 1. The van der Waals surface area contributed by atoms with Gasteiger partial charge in [-0.25, -0.2) is 4.99 Å². The van der Waals surface area contributed by atoms with Crippen LogP contribution in [0.4, 0.5) is 0 Å². The second kappa shape index (κ2) is 9.15. The lowest BCUT2D eigenvalue weighted by molar-refractivity contribution is 0.455. The molecule has 4 N–H and O–H groups in total. The van der Waals surface area contributed by atoms with E-state index in [-0.39, 0.29) is 14.7 Å². The standard InChI is InChI=1S/C25H26N4O.2H2/c1-5-18-10-7-9-16(3)23(18)19-11-8-12-22-21(13-19)24(25(30)29-22)17(4)28-20(14-26)15-27-6-2;;/h5,7,9-10,12-15,19,29-30H,1,6,26H2,2-4H3;2*1H/b20-14+,27-15?,28-17?;;. The number of aliphatic imine (C=N–C) groups is 2. The molecule has 0 saturated heterocycles. The van der Waals surface area contributed by atoms with Crippen molar-refractivity contribution in [2.75, 3.05) is 6.54 Å². The Morgan fingerprint density at radius 3 is 2.93 bits per heavy atom. The van der Waals surface area contributed by atoms with Crippen molar-refractivity contribution in [2.45, 2.75) is 26.7 Å². The predicted octanol–water partition coefficient (Wildman–Crippen LogP) is 3.23. The van der Waals surface area contributed by atoms with Crippen LogP contribution in [0.15, 0.2) is 46.7 Å². The monoisotopic (exact) mass is 402 g/mol. The Hall–Kier alpha value is -3.78. The predicted molar refractivity (Wildman–Crippen MR) is 130 cm³/mol. The Bertz CT molecular complexity index is 1260. The number of aryl methyl sites for hydroxylation is 1. The maximum atomic E-state index is 10.6. The summed E-state index contributed by atoms with van der Waals surface area (Å²) in [6.45, 7) is 10.4. The molecule has 2 aromatic rings. The summed E-state index contributed by atoms with van der Waals surface area (Å²) in [5.74, 6) is 6.32. The van der Waals surface area contributed by atoms with Crippen molar-refractivity contribution in [3.8, 4) is 17.7 Å². The largest absolute Gasteiger partial charge is 0.494 e. The van der Waals surface area contributed by atoms with E-state index in [9.17, 15) is 5.11 Å². The van der Waals surface area contributed by atoms with Gasteiger partial charge in [-0.05, 0) is 37.5 Å². The molecule has 1 aliphatic rings. The molecule has 0 fully saturated rings. The number of aromatic nitrogens is 1. The van der Waals surface area contributed by atoms with Gasteiger partial charge in [-0.1, -0.05) is 48.8 Å². The molecule has 1 atom stereocenters. The third kappa shape index (κ3) is 4.13. The summed E-state index contributed by atoms with van der Waals surface area (Å²) in [5, 5.41) is 12.2. The van der Waals surface area contributed by atoms with Gasteiger partial charge in [0, 0.05) is 33.1 Å². The molecule has 0 radical (unpaired) electrons. The Morgan fingerprint density at radius 2 is 2.23 bits per heavy atom. The third-order valence-electron chi connectivity index (χ3n) is 4.96. The number of hydrogen-bond donors (Lipinski definition) is 3. The molecular formula is C25H30N4O. The number of aromatic hydroxyl groups is 1. The lowest BCUT2D eigenvalue weighted by Crippen LogP contribution is -2.27. The first-order valence-electron chi connectivity index (χ1n) is 9.83. The maximum Gasteiger partial charge on any atom is 0.198 e. The number of nitrogens with two attached hydrogens (primary N) is 1. The van der Waals surface area contributed by atoms with E-state index in [1.807, 2.05) is 32.1 Å². The minimum absolute atomic E-state index is 0. The number of rotatable bonds is 6. The average Bonchev–Trinajstić information content (AvgIpc) is 2.91. The average molecular weight is 403 g/mol. The van der Waals surface area contributed by atoms with Crippen LogP contribution in [0.2, 0.25) is 0 Å². The first kappa shape index (κ1) is 20.9. The summed E-state index contributed by atoms with van der Waals surface area (Å²) in [5.41, 5.74) is 10.8. The van der Waals surface area contributed by atoms with Crippen molar-refractivity contribution in [2.24, 2.45) is 15.7 Å². The van der Waals surface area contributed by atoms with E-state index in [0.29, 0.717) is 23.5 Å². The molecule has 156 valence electrons. The minimum atomic E-state index is -0.148. The van der Waals surface area contributed by atoms with E-state index in [1.54, 1.807) is 12.3 Å². The zero-order valence-corrected chi connectivity index (χ0v) is 17.5. The van der Waals surface area contributed by atoms with Gasteiger partial charge in [0.1, 0.15) is 0 Å². The molecule has 1 aromatic heterocycles. The summed E-state index contributed by atoms with van der Waals surface area (Å²) in [7, 11) is 0. The maximum absolute atomic E-state index is 10.6. The number of benzene rings is 1. The van der Waals surface area contributed by atoms with E-state index in [1.165, 1.54) is 6.20 Å². The minimum Gasteiger partial charge on any atom is -0.494 e. The van der Waals surface area contributed by atoms with Gasteiger partial charge in [0.2, 0.25) is 0 Å². The lowest BCUT2D eigenvalue weighted by atomic mass is 9.89. The number of aromatic amines is 1. The molecule has 5 nitrogen and oxygen atoms in total. The number of nitrogens with zero attached hydrogens (tertiary/aromatic N) is 2. The van der Waals surface area contributed by atoms with E-state index in [0.717, 1.165) is 27.3 Å². The summed E-state index contributed by atoms with van der Waals surface area (Å²) in [6, 6.07) is 6.12. The normalized spacial score (nSPS) is 16.2. The Labute approximate surface area is 179 Å². The van der Waals surface area contributed by atoms with Gasteiger partial charge in [-0.3, -0.25) is 4.99 Å². The zero-order valence-electron chi connectivity index (χ0n) is 17.5. The van der Waals surface area contributed by atoms with Crippen LogP contribution in [0.25, 0.3) is 18.2 Å². The van der Waals surface area contributed by atoms with Crippen molar-refractivity contribution in [1.82, 2.24) is 4.98 Å². The highest BCUT2D eigenvalue weighted by Gasteiger charge is 2.17. The molecule has 0 saturated carbocycles. The molecule has 1 heterocycles. The smallest absolute Gasteiger partial charge is 0.198 e. The molecule has 1 unspecified atom stereocenters. The van der Waals surface area contributed by atoms with Crippen molar-refractivity contribution < 1.29 is 7.96 Å². The van der Waals surface area contributed by atoms with Gasteiger partial charge in [0.25, 0.3) is 0 Å². The first-order chi connectivity index (χ1) is 14.5. The fourth-order valence-corrected chi connectivity index (χ4v) is 3.59. The summed E-state index contributed by atoms with van der Waals surface area (Å²) >= 11 is 0. The van der Waals surface area contributed by atoms with E-state index < -0.39 is 0 Å². The van der Waals surface area contributed by atoms with Crippen molar-refractivity contribution in [3.05, 3.63) is 69.5 Å². The second-order valence-electron chi connectivity index (χ2n) is 6.95. The summed E-state index contributed by atoms with van der Waals surface area (Å²) in [4.78, 5) is 11.8. The van der Waals surface area contributed by atoms with Gasteiger partial charge < -0.3 is 15.8 Å². The molecule has 0 amide bonds. The Morgan fingerprint density at radius 1 is 1.43 bits per heavy atom. The molecule has 30 heavy (non-hydrogen) atoms. The Kier molecular flexibility index (Phi) is 6.38. The van der Waals surface area contributed by atoms with Crippen molar-refractivity contribution >= 4 is 30.2 Å². The third-order valence-corrected chi connectivity index (χ3v) is 4.96. The fourth-order valence-electron chi connectivity index (χ4n) is 3.59. The van der Waals surface area contributed by atoms with Crippen LogP contribution in [-0.4, -0.2) is 28.6 Å². The van der Waals surface area contributed by atoms with Crippen LogP contribution in [0.5, 0.6) is 5.88 Å². The van der Waals surface area contributed by atoms with Gasteiger partial charge >= 0.3 is 0 Å². The van der Waals surface area contributed by atoms with Crippen molar-refractivity contribution in [1.29, 1.82) is 0 Å². The lowest BCUT2D eigenvalue weighted by Gasteiger charge is -2.14. The molecule has 0 spiro atoms. The van der Waals surface area contributed by atoms with E-state index in [2.05, 4.69) is 52.5 Å². The van der Waals surface area contributed by atoms with E-state index in [4.69, 9.17) is 5.73 Å². The molecule has 3 rings (SSSR count). The van der Waals surface area contributed by atoms with Gasteiger partial charge in [-0.2, -0.15) is 0 Å². The van der Waals surface area contributed by atoms with Crippen LogP contribution in [-0.2, 0) is 0 Å². The van der Waals surface area contributed by atoms with Crippen molar-refractivity contribution in [3.63, 3.8) is 0 Å². The molecule has 5 heteroatoms. The summed E-state index contributed by atoms with van der Waals surface area (Å²) < 4.78 is 0. The van der Waals surface area contributed by atoms with Crippen LogP contribution < -0.4 is 16.3 Å². The Balaban J connectivity index is 0.00000256. The number of fused-ring (bicyclic) bond motifs is 1. The van der Waals surface area contributed by atoms with Gasteiger partial charge in [0.15, 0.2) is 5.88 Å². The SMILES string of the molecule is C=Cc1cccc(C)c1C1C#CC=c2[nH]c(O)c(C(C)=N/C(C=NCC)=C/N)c2=C1.[HH].[HH]. The quantitative estimate of drug-likeness (QED) is 0.512. The van der Waals surface area contributed by atoms with Gasteiger partial charge in [-0.15, -0.1) is 0 Å². The molecule has 1 aromatic carbocycles. The molecular weight excluding hydrogens is 372 g/mol. The molecule has 0 bridgehead atoms. The van der Waals surface area contributed by atoms with Crippen LogP contribution in [0.3, 0.4) is 0 Å². The fraction of sp³-hybridized carbons (Fsp3) is 0.200. The first-order valence-corrected chi connectivity index (χ1v) is 9.83. The van der Waals surface area contributed by atoms with Gasteiger partial charge in [0.05, 0.1) is 28.2 Å². The highest BCUT2D eigenvalue weighted by Crippen LogP contribution is 2.26.